The SMILES string of the molecule is Fc1cccc(-c2cc(C(F)(F)F)on2)c1. The molecule has 0 saturated heterocycles. The number of hydrogen-bond donors (Lipinski definition) is 0. The van der Waals surface area contributed by atoms with Crippen molar-refractivity contribution < 1.29 is 22.1 Å². The highest BCUT2D eigenvalue weighted by Crippen LogP contribution is 2.32. The van der Waals surface area contributed by atoms with E-state index in [4.69, 9.17) is 0 Å². The van der Waals surface area contributed by atoms with E-state index in [1.807, 2.05) is 0 Å². The molecule has 84 valence electrons. The van der Waals surface area contributed by atoms with Crippen LogP contribution in [-0.4, -0.2) is 5.16 Å². The second kappa shape index (κ2) is 3.62. The lowest BCUT2D eigenvalue weighted by atomic mass is 10.1. The lowest BCUT2D eigenvalue weighted by molar-refractivity contribution is -0.155. The third kappa shape index (κ3) is 2.05. The molecule has 0 spiro atoms. The summed E-state index contributed by atoms with van der Waals surface area (Å²) in [6.45, 7) is 0. The van der Waals surface area contributed by atoms with Gasteiger partial charge in [-0.1, -0.05) is 17.3 Å². The number of aromatic nitrogens is 1. The summed E-state index contributed by atoms with van der Waals surface area (Å²) in [5.74, 6) is -1.75. The molecule has 0 unspecified atom stereocenters. The second-order valence-electron chi connectivity index (χ2n) is 3.08. The van der Waals surface area contributed by atoms with Gasteiger partial charge in [0.25, 0.3) is 0 Å². The Balaban J connectivity index is 2.39. The molecule has 0 saturated carbocycles. The Morgan fingerprint density at radius 3 is 2.44 bits per heavy atom. The molecule has 0 N–H and O–H groups in total. The molecule has 2 aromatic rings. The number of halogens is 4. The average Bonchev–Trinajstić information content (AvgIpc) is 2.65. The summed E-state index contributed by atoms with van der Waals surface area (Å²) < 4.78 is 53.5. The molecule has 6 heteroatoms. The van der Waals surface area contributed by atoms with Gasteiger partial charge in [-0.05, 0) is 12.1 Å². The molecule has 16 heavy (non-hydrogen) atoms. The molecule has 0 amide bonds. The van der Waals surface area contributed by atoms with E-state index < -0.39 is 17.8 Å². The Morgan fingerprint density at radius 2 is 1.88 bits per heavy atom. The van der Waals surface area contributed by atoms with Gasteiger partial charge in [-0.3, -0.25) is 0 Å². The summed E-state index contributed by atoms with van der Waals surface area (Å²) in [4.78, 5) is 0. The number of hydrogen-bond acceptors (Lipinski definition) is 2. The van der Waals surface area contributed by atoms with E-state index >= 15 is 0 Å². The standard InChI is InChI=1S/C10H5F4NO/c11-7-3-1-2-6(4-7)8-5-9(16-15-8)10(12,13)14/h1-5H. The lowest BCUT2D eigenvalue weighted by Gasteiger charge is -1.97. The molecule has 1 aromatic heterocycles. The molecule has 0 aliphatic heterocycles. The quantitative estimate of drug-likeness (QED) is 0.702. The third-order valence-corrected chi connectivity index (χ3v) is 1.91. The van der Waals surface area contributed by atoms with E-state index in [0.29, 0.717) is 0 Å². The number of benzene rings is 1. The van der Waals surface area contributed by atoms with Crippen molar-refractivity contribution in [1.29, 1.82) is 0 Å². The van der Waals surface area contributed by atoms with Crippen molar-refractivity contribution >= 4 is 0 Å². The van der Waals surface area contributed by atoms with Gasteiger partial charge in [-0.15, -0.1) is 0 Å². The summed E-state index contributed by atoms with van der Waals surface area (Å²) >= 11 is 0. The molecule has 0 aliphatic carbocycles. The fourth-order valence-electron chi connectivity index (χ4n) is 1.19. The molecule has 2 nitrogen and oxygen atoms in total. The number of alkyl halides is 3. The first-order valence-electron chi connectivity index (χ1n) is 4.26. The Morgan fingerprint density at radius 1 is 1.12 bits per heavy atom. The molecule has 2 rings (SSSR count). The summed E-state index contributed by atoms with van der Waals surface area (Å²) in [7, 11) is 0. The average molecular weight is 231 g/mol. The smallest absolute Gasteiger partial charge is 0.351 e. The van der Waals surface area contributed by atoms with E-state index in [2.05, 4.69) is 9.68 Å². The van der Waals surface area contributed by atoms with Crippen molar-refractivity contribution in [2.24, 2.45) is 0 Å². The largest absolute Gasteiger partial charge is 0.452 e. The normalized spacial score (nSPS) is 11.8. The predicted molar refractivity (Wildman–Crippen MR) is 46.9 cm³/mol. The van der Waals surface area contributed by atoms with Crippen LogP contribution >= 0.6 is 0 Å². The summed E-state index contributed by atoms with van der Waals surface area (Å²) in [6.07, 6.45) is -4.58. The maximum Gasteiger partial charge on any atom is 0.452 e. The van der Waals surface area contributed by atoms with Crippen LogP contribution in [0.25, 0.3) is 11.3 Å². The van der Waals surface area contributed by atoms with E-state index in [9.17, 15) is 17.6 Å². The van der Waals surface area contributed by atoms with Crippen LogP contribution in [-0.2, 0) is 6.18 Å². The Labute approximate surface area is 87.5 Å². The molecule has 1 heterocycles. The zero-order valence-electron chi connectivity index (χ0n) is 7.75. The Bertz CT molecular complexity index is 504. The van der Waals surface area contributed by atoms with Gasteiger partial charge in [0.05, 0.1) is 0 Å². The van der Waals surface area contributed by atoms with Crippen LogP contribution in [0.1, 0.15) is 5.76 Å². The second-order valence-corrected chi connectivity index (χ2v) is 3.08. The minimum absolute atomic E-state index is 0.0492. The molecular weight excluding hydrogens is 226 g/mol. The molecule has 0 bridgehead atoms. The molecule has 0 fully saturated rings. The first kappa shape index (κ1) is 10.7. The van der Waals surface area contributed by atoms with Crippen LogP contribution < -0.4 is 0 Å². The van der Waals surface area contributed by atoms with E-state index in [0.717, 1.165) is 12.1 Å². The number of rotatable bonds is 1. The minimum atomic E-state index is -4.58. The maximum absolute atomic E-state index is 12.8. The Hall–Kier alpha value is -1.85. The van der Waals surface area contributed by atoms with Gasteiger partial charge in [0.2, 0.25) is 5.76 Å². The van der Waals surface area contributed by atoms with Gasteiger partial charge in [0, 0.05) is 11.6 Å². The van der Waals surface area contributed by atoms with Gasteiger partial charge in [-0.2, -0.15) is 13.2 Å². The van der Waals surface area contributed by atoms with Crippen molar-refractivity contribution in [3.63, 3.8) is 0 Å². The third-order valence-electron chi connectivity index (χ3n) is 1.91. The van der Waals surface area contributed by atoms with Gasteiger partial charge < -0.3 is 4.52 Å². The Kier molecular flexibility index (Phi) is 2.41. The first-order valence-corrected chi connectivity index (χ1v) is 4.26. The first-order chi connectivity index (χ1) is 7.47. The molecule has 0 radical (unpaired) electrons. The van der Waals surface area contributed by atoms with Gasteiger partial charge in [-0.25, -0.2) is 4.39 Å². The zero-order valence-corrected chi connectivity index (χ0v) is 7.75. The van der Waals surface area contributed by atoms with E-state index in [-0.39, 0.29) is 11.3 Å². The van der Waals surface area contributed by atoms with Crippen LogP contribution in [0.3, 0.4) is 0 Å². The van der Waals surface area contributed by atoms with Crippen molar-refractivity contribution in [2.45, 2.75) is 6.18 Å². The molecular formula is C10H5F4NO. The summed E-state index contributed by atoms with van der Waals surface area (Å²) in [6, 6.07) is 5.83. The zero-order chi connectivity index (χ0) is 11.8. The van der Waals surface area contributed by atoms with E-state index in [1.54, 1.807) is 0 Å². The highest BCUT2D eigenvalue weighted by molar-refractivity contribution is 5.58. The van der Waals surface area contributed by atoms with Crippen molar-refractivity contribution in [1.82, 2.24) is 5.16 Å². The van der Waals surface area contributed by atoms with Gasteiger partial charge >= 0.3 is 6.18 Å². The van der Waals surface area contributed by atoms with Gasteiger partial charge in [0.1, 0.15) is 11.5 Å². The highest BCUT2D eigenvalue weighted by Gasteiger charge is 2.36. The highest BCUT2D eigenvalue weighted by atomic mass is 19.4. The van der Waals surface area contributed by atoms with E-state index in [1.165, 1.54) is 18.2 Å². The topological polar surface area (TPSA) is 26.0 Å². The minimum Gasteiger partial charge on any atom is -0.351 e. The molecule has 0 atom stereocenters. The lowest BCUT2D eigenvalue weighted by Crippen LogP contribution is -2.02. The van der Waals surface area contributed by atoms with Crippen molar-refractivity contribution in [3.8, 4) is 11.3 Å². The monoisotopic (exact) mass is 231 g/mol. The van der Waals surface area contributed by atoms with Crippen LogP contribution in [0.2, 0.25) is 0 Å². The fourth-order valence-corrected chi connectivity index (χ4v) is 1.19. The van der Waals surface area contributed by atoms with Crippen LogP contribution in [0.15, 0.2) is 34.9 Å². The number of nitrogens with zero attached hydrogens (tertiary/aromatic N) is 1. The summed E-state index contributed by atoms with van der Waals surface area (Å²) in [5.41, 5.74) is 0.186. The predicted octanol–water partition coefficient (Wildman–Crippen LogP) is 3.50. The van der Waals surface area contributed by atoms with Crippen LogP contribution in [0, 0.1) is 5.82 Å². The summed E-state index contributed by atoms with van der Waals surface area (Å²) in [5, 5.41) is 3.23. The molecule has 1 aromatic carbocycles. The van der Waals surface area contributed by atoms with Crippen LogP contribution in [0.5, 0.6) is 0 Å². The van der Waals surface area contributed by atoms with Crippen molar-refractivity contribution in [2.75, 3.05) is 0 Å². The fraction of sp³-hybridized carbons (Fsp3) is 0.100. The maximum atomic E-state index is 12.8. The van der Waals surface area contributed by atoms with Crippen LogP contribution in [0.4, 0.5) is 17.6 Å². The molecule has 0 aliphatic rings. The van der Waals surface area contributed by atoms with Crippen molar-refractivity contribution in [3.05, 3.63) is 41.9 Å². The van der Waals surface area contributed by atoms with Gasteiger partial charge in [0.15, 0.2) is 0 Å².